The fraction of sp³-hybridized carbons (Fsp3) is 0.750. The van der Waals surface area contributed by atoms with Crippen molar-refractivity contribution in [2.45, 2.75) is 63.9 Å². The molecule has 1 aromatic rings. The van der Waals surface area contributed by atoms with Crippen LogP contribution in [0.15, 0.2) is 4.52 Å². The molecule has 1 fully saturated rings. The monoisotopic (exact) mass is 342 g/mol. The van der Waals surface area contributed by atoms with Gasteiger partial charge < -0.3 is 9.42 Å². The average Bonchev–Trinajstić information content (AvgIpc) is 3.04. The number of aromatic nitrogens is 1. The van der Waals surface area contributed by atoms with Crippen LogP contribution in [0.4, 0.5) is 0 Å². The number of hydrogen-bond donors (Lipinski definition) is 0. The SMILES string of the molecule is Cc1noc(C)c1CCC(=O)N1CCC(S(=O)(=O)C(C)(C)C)C1. The summed E-state index contributed by atoms with van der Waals surface area (Å²) in [4.78, 5) is 14.0. The van der Waals surface area contributed by atoms with Crippen molar-refractivity contribution in [2.75, 3.05) is 13.1 Å². The van der Waals surface area contributed by atoms with Gasteiger partial charge in [0.25, 0.3) is 0 Å². The fourth-order valence-corrected chi connectivity index (χ4v) is 4.75. The number of carbonyl (C=O) groups excluding carboxylic acids is 1. The fourth-order valence-electron chi connectivity index (χ4n) is 2.96. The zero-order valence-corrected chi connectivity index (χ0v) is 15.4. The van der Waals surface area contributed by atoms with E-state index in [1.165, 1.54) is 0 Å². The molecular formula is C16H26N2O4S. The number of aryl methyl sites for hydroxylation is 2. The third-order valence-corrected chi connectivity index (χ3v) is 7.53. The first-order chi connectivity index (χ1) is 10.5. The van der Waals surface area contributed by atoms with Gasteiger partial charge in [-0.1, -0.05) is 5.16 Å². The summed E-state index contributed by atoms with van der Waals surface area (Å²) in [5, 5.41) is 3.43. The molecule has 23 heavy (non-hydrogen) atoms. The highest BCUT2D eigenvalue weighted by atomic mass is 32.2. The van der Waals surface area contributed by atoms with Crippen LogP contribution < -0.4 is 0 Å². The van der Waals surface area contributed by atoms with E-state index in [0.717, 1.165) is 17.0 Å². The molecule has 2 heterocycles. The predicted molar refractivity (Wildman–Crippen MR) is 88.0 cm³/mol. The molecule has 0 aromatic carbocycles. The molecule has 1 atom stereocenters. The topological polar surface area (TPSA) is 80.5 Å². The van der Waals surface area contributed by atoms with Gasteiger partial charge >= 0.3 is 0 Å². The normalized spacial score (nSPS) is 19.3. The second-order valence-corrected chi connectivity index (χ2v) is 10.2. The molecule has 6 nitrogen and oxygen atoms in total. The maximum atomic E-state index is 12.5. The van der Waals surface area contributed by atoms with Gasteiger partial charge in [0.1, 0.15) is 5.76 Å². The summed E-state index contributed by atoms with van der Waals surface area (Å²) >= 11 is 0. The maximum Gasteiger partial charge on any atom is 0.222 e. The van der Waals surface area contributed by atoms with Gasteiger partial charge in [0.2, 0.25) is 5.91 Å². The quantitative estimate of drug-likeness (QED) is 0.836. The van der Waals surface area contributed by atoms with E-state index in [1.807, 2.05) is 13.8 Å². The third-order valence-electron chi connectivity index (χ3n) is 4.56. The second-order valence-electron chi connectivity index (χ2n) is 7.21. The second kappa shape index (κ2) is 6.26. The predicted octanol–water partition coefficient (Wildman–Crippen LogP) is 2.04. The van der Waals surface area contributed by atoms with Gasteiger partial charge in [-0.2, -0.15) is 0 Å². The molecule has 1 aliphatic rings. The molecule has 0 spiro atoms. The van der Waals surface area contributed by atoms with E-state index in [2.05, 4.69) is 5.16 Å². The largest absolute Gasteiger partial charge is 0.361 e. The molecule has 0 bridgehead atoms. The summed E-state index contributed by atoms with van der Waals surface area (Å²) < 4.78 is 29.3. The molecule has 1 aliphatic heterocycles. The number of likely N-dealkylation sites (tertiary alicyclic amines) is 1. The van der Waals surface area contributed by atoms with Crippen molar-refractivity contribution in [3.8, 4) is 0 Å². The molecule has 130 valence electrons. The zero-order chi connectivity index (χ0) is 17.4. The molecule has 1 saturated heterocycles. The van der Waals surface area contributed by atoms with E-state index in [-0.39, 0.29) is 5.91 Å². The summed E-state index contributed by atoms with van der Waals surface area (Å²) in [7, 11) is -3.23. The minimum atomic E-state index is -3.23. The lowest BCUT2D eigenvalue weighted by Crippen LogP contribution is -2.39. The van der Waals surface area contributed by atoms with Crippen LogP contribution in [-0.4, -0.2) is 47.5 Å². The minimum absolute atomic E-state index is 0.00314. The van der Waals surface area contributed by atoms with Gasteiger partial charge in [0, 0.05) is 25.1 Å². The van der Waals surface area contributed by atoms with Crippen LogP contribution in [0.25, 0.3) is 0 Å². The third kappa shape index (κ3) is 3.59. The first kappa shape index (κ1) is 18.0. The van der Waals surface area contributed by atoms with Gasteiger partial charge in [0.15, 0.2) is 9.84 Å². The van der Waals surface area contributed by atoms with Gasteiger partial charge in [-0.25, -0.2) is 8.42 Å². The summed E-state index contributed by atoms with van der Waals surface area (Å²) in [5.41, 5.74) is 1.78. The van der Waals surface area contributed by atoms with Crippen LogP contribution in [0.5, 0.6) is 0 Å². The van der Waals surface area contributed by atoms with Crippen LogP contribution in [0.3, 0.4) is 0 Å². The maximum absolute atomic E-state index is 12.5. The van der Waals surface area contributed by atoms with Crippen molar-refractivity contribution < 1.29 is 17.7 Å². The van der Waals surface area contributed by atoms with Gasteiger partial charge in [-0.15, -0.1) is 0 Å². The molecule has 0 N–H and O–H groups in total. The van der Waals surface area contributed by atoms with Crippen molar-refractivity contribution in [3.63, 3.8) is 0 Å². The van der Waals surface area contributed by atoms with Crippen molar-refractivity contribution in [2.24, 2.45) is 0 Å². The number of nitrogens with zero attached hydrogens (tertiary/aromatic N) is 2. The molecule has 0 saturated carbocycles. The van der Waals surface area contributed by atoms with Crippen LogP contribution in [-0.2, 0) is 21.1 Å². The molecule has 0 radical (unpaired) electrons. The van der Waals surface area contributed by atoms with Crippen molar-refractivity contribution >= 4 is 15.7 Å². The number of sulfone groups is 1. The van der Waals surface area contributed by atoms with Crippen LogP contribution >= 0.6 is 0 Å². The lowest BCUT2D eigenvalue weighted by Gasteiger charge is -2.24. The van der Waals surface area contributed by atoms with E-state index < -0.39 is 19.8 Å². The Morgan fingerprint density at radius 3 is 2.52 bits per heavy atom. The molecule has 1 aromatic heterocycles. The van der Waals surface area contributed by atoms with Crippen LogP contribution in [0, 0.1) is 13.8 Å². The summed E-state index contributed by atoms with van der Waals surface area (Å²) in [6, 6.07) is 0. The van der Waals surface area contributed by atoms with Crippen LogP contribution in [0.2, 0.25) is 0 Å². The molecule has 2 rings (SSSR count). The average molecular weight is 342 g/mol. The highest BCUT2D eigenvalue weighted by Gasteiger charge is 2.41. The molecule has 0 aliphatic carbocycles. The highest BCUT2D eigenvalue weighted by molar-refractivity contribution is 7.93. The van der Waals surface area contributed by atoms with E-state index in [1.54, 1.807) is 25.7 Å². The van der Waals surface area contributed by atoms with Crippen molar-refractivity contribution in [1.29, 1.82) is 0 Å². The summed E-state index contributed by atoms with van der Waals surface area (Å²) in [6.45, 7) is 9.65. The lowest BCUT2D eigenvalue weighted by atomic mass is 10.1. The van der Waals surface area contributed by atoms with Gasteiger partial charge in [0.05, 0.1) is 15.7 Å². The Morgan fingerprint density at radius 2 is 2.00 bits per heavy atom. The highest BCUT2D eigenvalue weighted by Crippen LogP contribution is 2.27. The molecule has 7 heteroatoms. The smallest absolute Gasteiger partial charge is 0.222 e. The van der Waals surface area contributed by atoms with Gasteiger partial charge in [-0.05, 0) is 47.5 Å². The van der Waals surface area contributed by atoms with Crippen molar-refractivity contribution in [1.82, 2.24) is 10.1 Å². The molecular weight excluding hydrogens is 316 g/mol. The van der Waals surface area contributed by atoms with E-state index >= 15 is 0 Å². The zero-order valence-electron chi connectivity index (χ0n) is 14.5. The van der Waals surface area contributed by atoms with E-state index in [9.17, 15) is 13.2 Å². The number of hydrogen-bond acceptors (Lipinski definition) is 5. The standard InChI is InChI=1S/C16H26N2O4S/c1-11-14(12(2)22-17-11)6-7-15(19)18-9-8-13(10-18)23(20,21)16(3,4)5/h13H,6-10H2,1-5H3. The van der Waals surface area contributed by atoms with E-state index in [0.29, 0.717) is 32.4 Å². The Morgan fingerprint density at radius 1 is 1.35 bits per heavy atom. The van der Waals surface area contributed by atoms with Gasteiger partial charge in [-0.3, -0.25) is 4.79 Å². The number of carbonyl (C=O) groups is 1. The first-order valence-electron chi connectivity index (χ1n) is 7.97. The van der Waals surface area contributed by atoms with Crippen molar-refractivity contribution in [3.05, 3.63) is 17.0 Å². The summed E-state index contributed by atoms with van der Waals surface area (Å²) in [5.74, 6) is 0.738. The van der Waals surface area contributed by atoms with Crippen LogP contribution in [0.1, 0.15) is 50.6 Å². The Labute approximate surface area is 138 Å². The molecule has 1 unspecified atom stereocenters. The number of rotatable bonds is 4. The Balaban J connectivity index is 1.96. The lowest BCUT2D eigenvalue weighted by molar-refractivity contribution is -0.130. The summed E-state index contributed by atoms with van der Waals surface area (Å²) in [6.07, 6.45) is 1.45. The Bertz CT molecular complexity index is 666. The first-order valence-corrected chi connectivity index (χ1v) is 9.51. The van der Waals surface area contributed by atoms with E-state index in [4.69, 9.17) is 4.52 Å². The minimum Gasteiger partial charge on any atom is -0.361 e. The Hall–Kier alpha value is -1.37. The number of amides is 1. The molecule has 1 amide bonds. The Kier molecular flexibility index (Phi) is 4.89.